The summed E-state index contributed by atoms with van der Waals surface area (Å²) in [7, 11) is 1.98. The highest BCUT2D eigenvalue weighted by molar-refractivity contribution is 7.33. The maximum absolute atomic E-state index is 13.3. The summed E-state index contributed by atoms with van der Waals surface area (Å²) >= 11 is 3.37. The van der Waals surface area contributed by atoms with Gasteiger partial charge in [-0.2, -0.15) is 0 Å². The van der Waals surface area contributed by atoms with E-state index in [1.54, 1.807) is 28.9 Å². The zero-order valence-corrected chi connectivity index (χ0v) is 17.2. The van der Waals surface area contributed by atoms with Crippen LogP contribution in [0.5, 0.6) is 0 Å². The second-order valence-electron chi connectivity index (χ2n) is 6.52. The number of imidazole rings is 1. The number of rotatable bonds is 2. The number of piperazine rings is 1. The highest BCUT2D eigenvalue weighted by Crippen LogP contribution is 2.40. The van der Waals surface area contributed by atoms with E-state index in [1.165, 1.54) is 19.5 Å². The number of hydrogen-bond donors (Lipinski definition) is 1. The van der Waals surface area contributed by atoms with Crippen LogP contribution in [0.3, 0.4) is 0 Å². The van der Waals surface area contributed by atoms with E-state index in [2.05, 4.69) is 40.6 Å². The molecule has 1 N–H and O–H groups in total. The van der Waals surface area contributed by atoms with Gasteiger partial charge in [-0.25, -0.2) is 4.98 Å². The van der Waals surface area contributed by atoms with Gasteiger partial charge in [-0.1, -0.05) is 18.2 Å². The molecule has 5 nitrogen and oxygen atoms in total. The Morgan fingerprint density at radius 1 is 1.26 bits per heavy atom. The summed E-state index contributed by atoms with van der Waals surface area (Å²) in [5.41, 5.74) is 0. The molecule has 1 atom stereocenters. The minimum absolute atomic E-state index is 0. The SMILES string of the molecule is Cl.Cn1ccnc1C1CNCCN1C(=O)c1cc2sc3ccccc3c2s1. The number of fused-ring (bicyclic) bond motifs is 3. The van der Waals surface area contributed by atoms with Crippen molar-refractivity contribution in [2.45, 2.75) is 6.04 Å². The molecular formula is C19H19ClN4OS2. The minimum Gasteiger partial charge on any atom is -0.336 e. The van der Waals surface area contributed by atoms with Crippen LogP contribution in [0.2, 0.25) is 0 Å². The molecule has 1 unspecified atom stereocenters. The van der Waals surface area contributed by atoms with E-state index in [-0.39, 0.29) is 24.4 Å². The number of amides is 1. The largest absolute Gasteiger partial charge is 0.336 e. The molecule has 1 aliphatic heterocycles. The Morgan fingerprint density at radius 3 is 2.93 bits per heavy atom. The molecule has 0 aliphatic carbocycles. The van der Waals surface area contributed by atoms with Crippen molar-refractivity contribution < 1.29 is 4.79 Å². The van der Waals surface area contributed by atoms with Crippen LogP contribution < -0.4 is 5.32 Å². The fourth-order valence-corrected chi connectivity index (χ4v) is 6.10. The first-order valence-corrected chi connectivity index (χ1v) is 10.3. The summed E-state index contributed by atoms with van der Waals surface area (Å²) in [6, 6.07) is 10.4. The molecule has 27 heavy (non-hydrogen) atoms. The highest BCUT2D eigenvalue weighted by atomic mass is 35.5. The quantitative estimate of drug-likeness (QED) is 0.534. The van der Waals surface area contributed by atoms with Gasteiger partial charge in [0.15, 0.2) is 0 Å². The van der Waals surface area contributed by atoms with E-state index in [4.69, 9.17) is 0 Å². The Kier molecular flexibility index (Phi) is 4.94. The molecule has 1 fully saturated rings. The van der Waals surface area contributed by atoms with Crippen LogP contribution in [-0.4, -0.2) is 40.0 Å². The lowest BCUT2D eigenvalue weighted by atomic mass is 10.1. The Labute approximate surface area is 171 Å². The van der Waals surface area contributed by atoms with Crippen LogP contribution >= 0.6 is 35.1 Å². The number of nitrogens with zero attached hydrogens (tertiary/aromatic N) is 3. The highest BCUT2D eigenvalue weighted by Gasteiger charge is 2.32. The van der Waals surface area contributed by atoms with Crippen molar-refractivity contribution in [1.82, 2.24) is 19.8 Å². The number of halogens is 1. The van der Waals surface area contributed by atoms with E-state index < -0.39 is 0 Å². The first kappa shape index (κ1) is 18.4. The third-order valence-corrected chi connectivity index (χ3v) is 7.32. The average molecular weight is 419 g/mol. The van der Waals surface area contributed by atoms with Gasteiger partial charge >= 0.3 is 0 Å². The molecule has 1 aliphatic rings. The van der Waals surface area contributed by atoms with Crippen LogP contribution in [0.15, 0.2) is 42.7 Å². The zero-order chi connectivity index (χ0) is 17.7. The van der Waals surface area contributed by atoms with Gasteiger partial charge in [-0.05, 0) is 12.1 Å². The van der Waals surface area contributed by atoms with E-state index in [0.29, 0.717) is 6.54 Å². The standard InChI is InChI=1S/C19H18N4OS2.ClH/c1-22-8-7-21-18(22)13-11-20-6-9-23(13)19(24)16-10-15-17(26-16)12-4-2-3-5-14(12)25-15;/h2-5,7-8,10,13,20H,6,9,11H2,1H3;1H. The van der Waals surface area contributed by atoms with Crippen molar-refractivity contribution in [2.24, 2.45) is 7.05 Å². The van der Waals surface area contributed by atoms with Crippen LogP contribution in [-0.2, 0) is 7.05 Å². The van der Waals surface area contributed by atoms with Gasteiger partial charge in [0, 0.05) is 53.9 Å². The van der Waals surface area contributed by atoms with Gasteiger partial charge < -0.3 is 14.8 Å². The molecule has 1 saturated heterocycles. The third-order valence-electron chi connectivity index (χ3n) is 4.92. The van der Waals surface area contributed by atoms with Gasteiger partial charge in [0.05, 0.1) is 9.58 Å². The van der Waals surface area contributed by atoms with Crippen molar-refractivity contribution in [3.8, 4) is 0 Å². The van der Waals surface area contributed by atoms with Crippen LogP contribution in [0.1, 0.15) is 21.5 Å². The summed E-state index contributed by atoms with van der Waals surface area (Å²) in [6.45, 7) is 2.25. The number of aromatic nitrogens is 2. The van der Waals surface area contributed by atoms with Gasteiger partial charge in [-0.3, -0.25) is 4.79 Å². The summed E-state index contributed by atoms with van der Waals surface area (Å²) in [5, 5.41) is 4.64. The van der Waals surface area contributed by atoms with Crippen molar-refractivity contribution in [2.75, 3.05) is 19.6 Å². The molecule has 0 radical (unpaired) electrons. The molecule has 4 aromatic rings. The van der Waals surface area contributed by atoms with Gasteiger partial charge in [-0.15, -0.1) is 35.1 Å². The smallest absolute Gasteiger partial charge is 0.264 e. The van der Waals surface area contributed by atoms with Crippen LogP contribution in [0.25, 0.3) is 19.5 Å². The number of aryl methyl sites for hydroxylation is 1. The number of thiophene rings is 2. The Bertz CT molecular complexity index is 1120. The summed E-state index contributed by atoms with van der Waals surface area (Å²) in [4.78, 5) is 20.6. The first-order valence-electron chi connectivity index (χ1n) is 8.62. The third kappa shape index (κ3) is 3.04. The van der Waals surface area contributed by atoms with Gasteiger partial charge in [0.1, 0.15) is 11.9 Å². The summed E-state index contributed by atoms with van der Waals surface area (Å²) in [5.74, 6) is 1.03. The summed E-state index contributed by atoms with van der Waals surface area (Å²) < 4.78 is 5.69. The lowest BCUT2D eigenvalue weighted by Crippen LogP contribution is -2.49. The van der Waals surface area contributed by atoms with E-state index in [0.717, 1.165) is 23.8 Å². The second-order valence-corrected chi connectivity index (χ2v) is 8.65. The average Bonchev–Trinajstić information content (AvgIpc) is 3.35. The Morgan fingerprint density at radius 2 is 2.11 bits per heavy atom. The molecule has 8 heteroatoms. The van der Waals surface area contributed by atoms with E-state index in [1.807, 2.05) is 22.7 Å². The van der Waals surface area contributed by atoms with E-state index in [9.17, 15) is 4.79 Å². The molecule has 1 amide bonds. The topological polar surface area (TPSA) is 50.2 Å². The fourth-order valence-electron chi connectivity index (χ4n) is 3.62. The summed E-state index contributed by atoms with van der Waals surface area (Å²) in [6.07, 6.45) is 3.72. The van der Waals surface area contributed by atoms with Crippen molar-refractivity contribution >= 4 is 60.5 Å². The predicted molar refractivity (Wildman–Crippen MR) is 114 cm³/mol. The zero-order valence-electron chi connectivity index (χ0n) is 14.7. The van der Waals surface area contributed by atoms with Crippen LogP contribution in [0, 0.1) is 0 Å². The van der Waals surface area contributed by atoms with E-state index >= 15 is 0 Å². The Balaban J connectivity index is 0.00000180. The maximum atomic E-state index is 13.3. The maximum Gasteiger partial charge on any atom is 0.264 e. The molecule has 4 heterocycles. The van der Waals surface area contributed by atoms with Gasteiger partial charge in [0.2, 0.25) is 0 Å². The molecular weight excluding hydrogens is 400 g/mol. The van der Waals surface area contributed by atoms with Crippen molar-refractivity contribution in [1.29, 1.82) is 0 Å². The molecule has 1 aromatic carbocycles. The predicted octanol–water partition coefficient (Wildman–Crippen LogP) is 4.06. The second kappa shape index (κ2) is 7.24. The number of benzene rings is 1. The monoisotopic (exact) mass is 418 g/mol. The first-order chi connectivity index (χ1) is 12.7. The molecule has 0 saturated carbocycles. The van der Waals surface area contributed by atoms with Gasteiger partial charge in [0.25, 0.3) is 5.91 Å². The number of carbonyl (C=O) groups excluding carboxylic acids is 1. The van der Waals surface area contributed by atoms with Crippen molar-refractivity contribution in [3.05, 3.63) is 53.4 Å². The Hall–Kier alpha value is -1.93. The molecule has 3 aromatic heterocycles. The molecule has 0 spiro atoms. The number of carbonyl (C=O) groups is 1. The fraction of sp³-hybridized carbons (Fsp3) is 0.263. The lowest BCUT2D eigenvalue weighted by molar-refractivity contribution is 0.0626. The molecule has 140 valence electrons. The molecule has 5 rings (SSSR count). The normalized spacial score (nSPS) is 17.4. The van der Waals surface area contributed by atoms with Crippen molar-refractivity contribution in [3.63, 3.8) is 0 Å². The minimum atomic E-state index is -0.0341. The number of nitrogens with one attached hydrogen (secondary N) is 1. The van der Waals surface area contributed by atoms with Crippen LogP contribution in [0.4, 0.5) is 0 Å². The molecule has 0 bridgehead atoms. The lowest BCUT2D eigenvalue weighted by Gasteiger charge is -2.35. The number of hydrogen-bond acceptors (Lipinski definition) is 5.